The molecule has 0 bridgehead atoms. The lowest BCUT2D eigenvalue weighted by Gasteiger charge is -2.01. The summed E-state index contributed by atoms with van der Waals surface area (Å²) in [4.78, 5) is 26.8. The van der Waals surface area contributed by atoms with Gasteiger partial charge in [0.15, 0.2) is 5.65 Å². The molecule has 0 unspecified atom stereocenters. The molecule has 0 saturated carbocycles. The smallest absolute Gasteiger partial charge is 0.343 e. The van der Waals surface area contributed by atoms with Crippen LogP contribution in [-0.2, 0) is 16.0 Å². The molecular formula is C12H13N3O3. The summed E-state index contributed by atoms with van der Waals surface area (Å²) < 4.78 is 6.38. The third kappa shape index (κ3) is 2.37. The van der Waals surface area contributed by atoms with Crippen LogP contribution in [0.5, 0.6) is 0 Å². The van der Waals surface area contributed by atoms with E-state index in [4.69, 9.17) is 4.74 Å². The Kier molecular flexibility index (Phi) is 3.36. The number of nitrogens with zero attached hydrogens (tertiary/aromatic N) is 3. The standard InChI is InChI=1S/C12H13N3O3/c1-3-18-12(17)10-6-14-15-7-9(4-8(2)16)5-13-11(10)15/h5-7H,3-4H2,1-2H3. The van der Waals surface area contributed by atoms with Crippen molar-refractivity contribution in [3.8, 4) is 0 Å². The first-order chi connectivity index (χ1) is 8.61. The van der Waals surface area contributed by atoms with Crippen LogP contribution in [0.25, 0.3) is 5.65 Å². The Bertz CT molecular complexity index is 604. The Balaban J connectivity index is 2.37. The van der Waals surface area contributed by atoms with Gasteiger partial charge in [0, 0.05) is 18.8 Å². The number of hydrogen-bond acceptors (Lipinski definition) is 5. The molecule has 2 heterocycles. The summed E-state index contributed by atoms with van der Waals surface area (Å²) in [5.41, 5.74) is 1.51. The highest BCUT2D eigenvalue weighted by molar-refractivity contribution is 5.95. The summed E-state index contributed by atoms with van der Waals surface area (Å²) in [5.74, 6) is -0.395. The van der Waals surface area contributed by atoms with Gasteiger partial charge in [0.2, 0.25) is 0 Å². The fraction of sp³-hybridized carbons (Fsp3) is 0.333. The van der Waals surface area contributed by atoms with Gasteiger partial charge < -0.3 is 4.74 Å². The van der Waals surface area contributed by atoms with E-state index >= 15 is 0 Å². The Morgan fingerprint density at radius 2 is 2.17 bits per heavy atom. The van der Waals surface area contributed by atoms with Crippen molar-refractivity contribution in [1.82, 2.24) is 14.6 Å². The number of rotatable bonds is 4. The van der Waals surface area contributed by atoms with Gasteiger partial charge in [-0.3, -0.25) is 4.79 Å². The molecule has 2 aromatic heterocycles. The SMILES string of the molecule is CCOC(=O)c1cnn2cc(CC(C)=O)cnc12. The van der Waals surface area contributed by atoms with Crippen LogP contribution >= 0.6 is 0 Å². The molecular weight excluding hydrogens is 234 g/mol. The fourth-order valence-corrected chi connectivity index (χ4v) is 1.64. The number of esters is 1. The zero-order valence-corrected chi connectivity index (χ0v) is 10.2. The van der Waals surface area contributed by atoms with Crippen molar-refractivity contribution in [3.05, 3.63) is 29.7 Å². The van der Waals surface area contributed by atoms with Crippen LogP contribution < -0.4 is 0 Å². The lowest BCUT2D eigenvalue weighted by atomic mass is 10.2. The van der Waals surface area contributed by atoms with Gasteiger partial charge in [-0.05, 0) is 19.4 Å². The lowest BCUT2D eigenvalue weighted by molar-refractivity contribution is -0.116. The van der Waals surface area contributed by atoms with Crippen LogP contribution in [-0.4, -0.2) is 33.0 Å². The predicted octanol–water partition coefficient (Wildman–Crippen LogP) is 1.04. The third-order valence-electron chi connectivity index (χ3n) is 2.36. The number of hydrogen-bond donors (Lipinski definition) is 0. The van der Waals surface area contributed by atoms with Gasteiger partial charge in [-0.1, -0.05) is 0 Å². The van der Waals surface area contributed by atoms with Gasteiger partial charge in [-0.15, -0.1) is 0 Å². The van der Waals surface area contributed by atoms with Crippen molar-refractivity contribution < 1.29 is 14.3 Å². The van der Waals surface area contributed by atoms with E-state index < -0.39 is 5.97 Å². The zero-order chi connectivity index (χ0) is 13.1. The number of carbonyl (C=O) groups excluding carboxylic acids is 2. The molecule has 0 amide bonds. The first-order valence-electron chi connectivity index (χ1n) is 5.60. The van der Waals surface area contributed by atoms with E-state index in [0.717, 1.165) is 5.56 Å². The minimum absolute atomic E-state index is 0.0499. The molecule has 94 valence electrons. The largest absolute Gasteiger partial charge is 0.462 e. The van der Waals surface area contributed by atoms with Gasteiger partial charge in [-0.25, -0.2) is 14.3 Å². The van der Waals surface area contributed by atoms with E-state index in [0.29, 0.717) is 24.2 Å². The second kappa shape index (κ2) is 4.95. The number of carbonyl (C=O) groups is 2. The van der Waals surface area contributed by atoms with Gasteiger partial charge in [0.05, 0.1) is 12.8 Å². The number of aromatic nitrogens is 3. The van der Waals surface area contributed by atoms with Crippen LogP contribution in [0.2, 0.25) is 0 Å². The van der Waals surface area contributed by atoms with Gasteiger partial charge in [0.1, 0.15) is 11.3 Å². The van der Waals surface area contributed by atoms with Crippen molar-refractivity contribution in [2.24, 2.45) is 0 Å². The number of ether oxygens (including phenoxy) is 1. The Labute approximate surface area is 104 Å². The van der Waals surface area contributed by atoms with E-state index in [1.165, 1.54) is 17.6 Å². The average molecular weight is 247 g/mol. The molecule has 0 radical (unpaired) electrons. The van der Waals surface area contributed by atoms with Crippen molar-refractivity contribution in [2.75, 3.05) is 6.61 Å². The Hall–Kier alpha value is -2.24. The van der Waals surface area contributed by atoms with Crippen LogP contribution in [0.15, 0.2) is 18.6 Å². The third-order valence-corrected chi connectivity index (χ3v) is 2.36. The van der Waals surface area contributed by atoms with E-state index in [1.54, 1.807) is 19.3 Å². The summed E-state index contributed by atoms with van der Waals surface area (Å²) in [6.07, 6.45) is 4.98. The van der Waals surface area contributed by atoms with Crippen molar-refractivity contribution >= 4 is 17.4 Å². The van der Waals surface area contributed by atoms with Crippen molar-refractivity contribution in [2.45, 2.75) is 20.3 Å². The zero-order valence-electron chi connectivity index (χ0n) is 10.2. The maximum Gasteiger partial charge on any atom is 0.343 e. The Morgan fingerprint density at radius 1 is 1.39 bits per heavy atom. The topological polar surface area (TPSA) is 73.6 Å². The molecule has 0 atom stereocenters. The summed E-state index contributed by atoms with van der Waals surface area (Å²) in [6.45, 7) is 3.55. The predicted molar refractivity (Wildman–Crippen MR) is 63.3 cm³/mol. The van der Waals surface area contributed by atoms with E-state index in [9.17, 15) is 9.59 Å². The highest BCUT2D eigenvalue weighted by Gasteiger charge is 2.15. The van der Waals surface area contributed by atoms with E-state index in [1.807, 2.05) is 0 Å². The molecule has 0 aliphatic heterocycles. The lowest BCUT2D eigenvalue weighted by Crippen LogP contribution is -2.05. The number of Topliss-reactive ketones (excluding diaryl/α,β-unsaturated/α-hetero) is 1. The summed E-state index contributed by atoms with van der Waals surface area (Å²) in [6, 6.07) is 0. The van der Waals surface area contributed by atoms with Crippen LogP contribution in [0.3, 0.4) is 0 Å². The van der Waals surface area contributed by atoms with E-state index in [2.05, 4.69) is 10.1 Å². The van der Waals surface area contributed by atoms with Crippen LogP contribution in [0.1, 0.15) is 29.8 Å². The normalized spacial score (nSPS) is 10.6. The molecule has 0 N–H and O–H groups in total. The van der Waals surface area contributed by atoms with Crippen LogP contribution in [0.4, 0.5) is 0 Å². The van der Waals surface area contributed by atoms with Crippen molar-refractivity contribution in [1.29, 1.82) is 0 Å². The molecule has 0 spiro atoms. The maximum atomic E-state index is 11.6. The minimum atomic E-state index is -0.445. The second-order valence-electron chi connectivity index (χ2n) is 3.89. The van der Waals surface area contributed by atoms with Gasteiger partial charge in [0.25, 0.3) is 0 Å². The molecule has 6 nitrogen and oxygen atoms in total. The van der Waals surface area contributed by atoms with E-state index in [-0.39, 0.29) is 5.78 Å². The van der Waals surface area contributed by atoms with Gasteiger partial charge in [-0.2, -0.15) is 5.10 Å². The minimum Gasteiger partial charge on any atom is -0.462 e. The summed E-state index contributed by atoms with van der Waals surface area (Å²) in [7, 11) is 0. The Morgan fingerprint density at radius 3 is 2.83 bits per heavy atom. The highest BCUT2D eigenvalue weighted by Crippen LogP contribution is 2.10. The molecule has 2 aromatic rings. The summed E-state index contributed by atoms with van der Waals surface area (Å²) >= 11 is 0. The molecule has 0 aromatic carbocycles. The van der Waals surface area contributed by atoms with Crippen molar-refractivity contribution in [3.63, 3.8) is 0 Å². The monoisotopic (exact) mass is 247 g/mol. The molecule has 18 heavy (non-hydrogen) atoms. The second-order valence-corrected chi connectivity index (χ2v) is 3.89. The molecule has 6 heteroatoms. The fourth-order valence-electron chi connectivity index (χ4n) is 1.64. The quantitative estimate of drug-likeness (QED) is 0.754. The maximum absolute atomic E-state index is 11.6. The highest BCUT2D eigenvalue weighted by atomic mass is 16.5. The number of fused-ring (bicyclic) bond motifs is 1. The molecule has 0 fully saturated rings. The molecule has 2 rings (SSSR count). The number of ketones is 1. The first kappa shape index (κ1) is 12.2. The molecule has 0 aliphatic carbocycles. The van der Waals surface area contributed by atoms with Crippen LogP contribution in [0, 0.1) is 0 Å². The van der Waals surface area contributed by atoms with Gasteiger partial charge >= 0.3 is 5.97 Å². The molecule has 0 saturated heterocycles. The first-order valence-corrected chi connectivity index (χ1v) is 5.60. The molecule has 0 aliphatic rings. The summed E-state index contributed by atoms with van der Waals surface area (Å²) in [5, 5.41) is 4.03. The average Bonchev–Trinajstić information content (AvgIpc) is 2.71.